The van der Waals surface area contributed by atoms with E-state index in [0.717, 1.165) is 11.1 Å². The Bertz CT molecular complexity index is 1190. The number of nitrogens with zero attached hydrogens (tertiary/aromatic N) is 1. The highest BCUT2D eigenvalue weighted by molar-refractivity contribution is 6.00. The topological polar surface area (TPSA) is 67.9 Å². The highest BCUT2D eigenvalue weighted by Crippen LogP contribution is 2.33. The minimum Gasteiger partial charge on any atom is -0.454 e. The maximum Gasteiger partial charge on any atom is 0.251 e. The maximum atomic E-state index is 13.3. The van der Waals surface area contributed by atoms with Crippen molar-refractivity contribution in [3.05, 3.63) is 95.6 Å². The maximum absolute atomic E-state index is 13.3. The van der Waals surface area contributed by atoms with Gasteiger partial charge in [-0.05, 0) is 52.9 Å². The largest absolute Gasteiger partial charge is 0.454 e. The molecule has 1 aliphatic rings. The molecular weight excluding hydrogens is 428 g/mol. The summed E-state index contributed by atoms with van der Waals surface area (Å²) in [5, 5.41) is 2.96. The van der Waals surface area contributed by atoms with Crippen LogP contribution in [0.5, 0.6) is 11.5 Å². The summed E-state index contributed by atoms with van der Waals surface area (Å²) in [6, 6.07) is 21.7. The molecule has 1 atom stereocenters. The van der Waals surface area contributed by atoms with E-state index >= 15 is 0 Å². The van der Waals surface area contributed by atoms with Crippen LogP contribution in [0.4, 0.5) is 5.69 Å². The molecule has 1 N–H and O–H groups in total. The lowest BCUT2D eigenvalue weighted by Gasteiger charge is -2.27. The average Bonchev–Trinajstić information content (AvgIpc) is 3.31. The SMILES string of the molecule is CC(C)c1ccc(NC(=O)C(c2ccccc2)N(C)C(=O)C=Cc2ccc3c(c2)OCO3)cc1. The number of likely N-dealkylation sites (N-methyl/N-ethyl adjacent to an activating group) is 1. The Kier molecular flexibility index (Phi) is 6.97. The number of hydrogen-bond donors (Lipinski definition) is 1. The Morgan fingerprint density at radius 3 is 2.32 bits per heavy atom. The van der Waals surface area contributed by atoms with Gasteiger partial charge in [-0.2, -0.15) is 0 Å². The van der Waals surface area contributed by atoms with Crippen LogP contribution in [0.15, 0.2) is 78.9 Å². The van der Waals surface area contributed by atoms with Crippen LogP contribution in [0.1, 0.15) is 42.5 Å². The molecule has 0 bridgehead atoms. The van der Waals surface area contributed by atoms with Crippen LogP contribution in [0.3, 0.4) is 0 Å². The van der Waals surface area contributed by atoms with Gasteiger partial charge in [-0.15, -0.1) is 0 Å². The normalized spacial score (nSPS) is 13.2. The molecule has 0 saturated carbocycles. The van der Waals surface area contributed by atoms with Crippen molar-refractivity contribution in [2.24, 2.45) is 0 Å². The number of anilines is 1. The monoisotopic (exact) mass is 456 g/mol. The van der Waals surface area contributed by atoms with Crippen molar-refractivity contribution >= 4 is 23.6 Å². The molecule has 0 radical (unpaired) electrons. The van der Waals surface area contributed by atoms with E-state index in [4.69, 9.17) is 9.47 Å². The number of carbonyl (C=O) groups excluding carboxylic acids is 2. The summed E-state index contributed by atoms with van der Waals surface area (Å²) in [7, 11) is 1.63. The van der Waals surface area contributed by atoms with Crippen LogP contribution in [-0.2, 0) is 9.59 Å². The van der Waals surface area contributed by atoms with Crippen LogP contribution in [-0.4, -0.2) is 30.6 Å². The minimum atomic E-state index is -0.792. The van der Waals surface area contributed by atoms with Crippen LogP contribution in [0.2, 0.25) is 0 Å². The summed E-state index contributed by atoms with van der Waals surface area (Å²) in [5.74, 6) is 1.16. The van der Waals surface area contributed by atoms with Crippen molar-refractivity contribution in [3.8, 4) is 11.5 Å². The lowest BCUT2D eigenvalue weighted by Crippen LogP contribution is -2.37. The molecule has 1 aliphatic heterocycles. The van der Waals surface area contributed by atoms with Crippen LogP contribution in [0, 0.1) is 0 Å². The fourth-order valence-electron chi connectivity index (χ4n) is 3.78. The van der Waals surface area contributed by atoms with E-state index in [0.29, 0.717) is 23.1 Å². The molecule has 6 nitrogen and oxygen atoms in total. The number of nitrogens with one attached hydrogen (secondary N) is 1. The molecule has 0 saturated heterocycles. The average molecular weight is 457 g/mol. The summed E-state index contributed by atoms with van der Waals surface area (Å²) in [6.07, 6.45) is 3.16. The molecule has 6 heteroatoms. The van der Waals surface area contributed by atoms with Crippen molar-refractivity contribution in [3.63, 3.8) is 0 Å². The standard InChI is InChI=1S/C28H28N2O4/c1-19(2)21-11-13-23(14-12-21)29-28(32)27(22-7-5-4-6-8-22)30(3)26(31)16-10-20-9-15-24-25(17-20)34-18-33-24/h4-17,19,27H,18H2,1-3H3,(H,29,32). The Labute approximate surface area is 199 Å². The fourth-order valence-corrected chi connectivity index (χ4v) is 3.78. The molecule has 0 fully saturated rings. The highest BCUT2D eigenvalue weighted by Gasteiger charge is 2.28. The van der Waals surface area contributed by atoms with Gasteiger partial charge in [0.2, 0.25) is 12.7 Å². The first-order chi connectivity index (χ1) is 16.4. The van der Waals surface area contributed by atoms with Gasteiger partial charge in [-0.1, -0.05) is 62.4 Å². The number of ether oxygens (including phenoxy) is 2. The number of rotatable bonds is 7. The molecule has 1 unspecified atom stereocenters. The van der Waals surface area contributed by atoms with Gasteiger partial charge >= 0.3 is 0 Å². The van der Waals surface area contributed by atoms with E-state index in [-0.39, 0.29) is 18.6 Å². The number of benzene rings is 3. The van der Waals surface area contributed by atoms with Crippen LogP contribution in [0.25, 0.3) is 6.08 Å². The van der Waals surface area contributed by atoms with Crippen molar-refractivity contribution in [2.75, 3.05) is 19.2 Å². The quantitative estimate of drug-likeness (QED) is 0.484. The van der Waals surface area contributed by atoms with Gasteiger partial charge in [0, 0.05) is 18.8 Å². The zero-order chi connectivity index (χ0) is 24.1. The van der Waals surface area contributed by atoms with Crippen molar-refractivity contribution in [1.29, 1.82) is 0 Å². The van der Waals surface area contributed by atoms with Gasteiger partial charge in [0.1, 0.15) is 6.04 Å². The Morgan fingerprint density at radius 1 is 0.912 bits per heavy atom. The van der Waals surface area contributed by atoms with Crippen molar-refractivity contribution in [1.82, 2.24) is 4.90 Å². The van der Waals surface area contributed by atoms with Gasteiger partial charge < -0.3 is 19.7 Å². The molecule has 3 aromatic carbocycles. The zero-order valence-corrected chi connectivity index (χ0v) is 19.5. The molecule has 4 rings (SSSR count). The first-order valence-corrected chi connectivity index (χ1v) is 11.2. The van der Waals surface area contributed by atoms with Gasteiger partial charge in [-0.25, -0.2) is 0 Å². The molecule has 174 valence electrons. The van der Waals surface area contributed by atoms with Crippen molar-refractivity contribution in [2.45, 2.75) is 25.8 Å². The fraction of sp³-hybridized carbons (Fsp3) is 0.214. The van der Waals surface area contributed by atoms with E-state index in [1.165, 1.54) is 16.5 Å². The van der Waals surface area contributed by atoms with E-state index in [2.05, 4.69) is 19.2 Å². The van der Waals surface area contributed by atoms with Gasteiger partial charge in [0.05, 0.1) is 0 Å². The van der Waals surface area contributed by atoms with Crippen LogP contribution < -0.4 is 14.8 Å². The summed E-state index contributed by atoms with van der Waals surface area (Å²) < 4.78 is 10.7. The second-order valence-corrected chi connectivity index (χ2v) is 8.47. The van der Waals surface area contributed by atoms with E-state index in [1.807, 2.05) is 66.7 Å². The number of carbonyl (C=O) groups is 2. The molecule has 34 heavy (non-hydrogen) atoms. The number of amides is 2. The van der Waals surface area contributed by atoms with Crippen molar-refractivity contribution < 1.29 is 19.1 Å². The lowest BCUT2D eigenvalue weighted by molar-refractivity contribution is -0.133. The van der Waals surface area contributed by atoms with E-state index in [9.17, 15) is 9.59 Å². The second-order valence-electron chi connectivity index (χ2n) is 8.47. The highest BCUT2D eigenvalue weighted by atomic mass is 16.7. The Morgan fingerprint density at radius 2 is 1.62 bits per heavy atom. The molecular formula is C28H28N2O4. The predicted molar refractivity (Wildman–Crippen MR) is 133 cm³/mol. The smallest absolute Gasteiger partial charge is 0.251 e. The third kappa shape index (κ3) is 5.29. The first-order valence-electron chi connectivity index (χ1n) is 11.2. The molecule has 1 heterocycles. The molecule has 0 aliphatic carbocycles. The summed E-state index contributed by atoms with van der Waals surface area (Å²) in [4.78, 5) is 27.8. The second kappa shape index (κ2) is 10.3. The third-order valence-corrected chi connectivity index (χ3v) is 5.76. The van der Waals surface area contributed by atoms with Gasteiger partial charge in [0.25, 0.3) is 5.91 Å². The molecule has 3 aromatic rings. The molecule has 2 amide bonds. The minimum absolute atomic E-state index is 0.193. The molecule has 0 spiro atoms. The van der Waals surface area contributed by atoms with Gasteiger partial charge in [-0.3, -0.25) is 9.59 Å². The summed E-state index contributed by atoms with van der Waals surface area (Å²) in [6.45, 7) is 4.44. The zero-order valence-electron chi connectivity index (χ0n) is 19.5. The summed E-state index contributed by atoms with van der Waals surface area (Å²) >= 11 is 0. The molecule has 0 aromatic heterocycles. The lowest BCUT2D eigenvalue weighted by atomic mass is 10.0. The van der Waals surface area contributed by atoms with Crippen LogP contribution >= 0.6 is 0 Å². The van der Waals surface area contributed by atoms with E-state index < -0.39 is 6.04 Å². The summed E-state index contributed by atoms with van der Waals surface area (Å²) in [5.41, 5.74) is 3.41. The predicted octanol–water partition coefficient (Wildman–Crippen LogP) is 5.39. The number of hydrogen-bond acceptors (Lipinski definition) is 4. The first kappa shape index (κ1) is 23.1. The van der Waals surface area contributed by atoms with E-state index in [1.54, 1.807) is 19.2 Å². The Hall–Kier alpha value is -4.06. The number of fused-ring (bicyclic) bond motifs is 1. The van der Waals surface area contributed by atoms with Gasteiger partial charge in [0.15, 0.2) is 11.5 Å². The Balaban J connectivity index is 1.52. The third-order valence-electron chi connectivity index (χ3n) is 5.76.